The number of hydrogen-bond acceptors (Lipinski definition) is 4. The number of aromatic nitrogens is 2. The van der Waals surface area contributed by atoms with E-state index in [1.54, 1.807) is 25.4 Å². The topological polar surface area (TPSA) is 59.3 Å². The van der Waals surface area contributed by atoms with Crippen molar-refractivity contribution in [1.29, 1.82) is 0 Å². The summed E-state index contributed by atoms with van der Waals surface area (Å²) < 4.78 is 7.06. The molecule has 102 valence electrons. The average molecular weight is 261 g/mol. The Labute approximate surface area is 112 Å². The molecule has 1 heterocycles. The third kappa shape index (κ3) is 3.99. The van der Waals surface area contributed by atoms with Crippen molar-refractivity contribution in [3.05, 3.63) is 42.5 Å². The van der Waals surface area contributed by atoms with Gasteiger partial charge in [0.2, 0.25) is 0 Å². The van der Waals surface area contributed by atoms with Gasteiger partial charge in [-0.3, -0.25) is 0 Å². The fourth-order valence-corrected chi connectivity index (χ4v) is 1.88. The first-order valence-corrected chi connectivity index (χ1v) is 6.32. The smallest absolute Gasteiger partial charge is 0.160 e. The molecule has 5 nitrogen and oxygen atoms in total. The van der Waals surface area contributed by atoms with Crippen molar-refractivity contribution in [3.8, 4) is 11.5 Å². The quantitative estimate of drug-likeness (QED) is 0.746. The Morgan fingerprint density at radius 2 is 2.32 bits per heavy atom. The van der Waals surface area contributed by atoms with Gasteiger partial charge in [-0.1, -0.05) is 6.07 Å². The molecule has 0 unspecified atom stereocenters. The number of rotatable bonds is 7. The van der Waals surface area contributed by atoms with Gasteiger partial charge in [0.05, 0.1) is 13.4 Å². The van der Waals surface area contributed by atoms with E-state index in [-0.39, 0.29) is 5.75 Å². The molecule has 0 saturated carbocycles. The van der Waals surface area contributed by atoms with Crippen LogP contribution in [0.5, 0.6) is 11.5 Å². The average Bonchev–Trinajstić information content (AvgIpc) is 2.92. The van der Waals surface area contributed by atoms with Crippen molar-refractivity contribution in [1.82, 2.24) is 14.9 Å². The number of methoxy groups -OCH3 is 1. The summed E-state index contributed by atoms with van der Waals surface area (Å²) in [6.45, 7) is 2.62. The summed E-state index contributed by atoms with van der Waals surface area (Å²) in [4.78, 5) is 4.00. The molecule has 1 aromatic carbocycles. The van der Waals surface area contributed by atoms with Gasteiger partial charge in [0.25, 0.3) is 0 Å². The zero-order valence-corrected chi connectivity index (χ0v) is 11.0. The van der Waals surface area contributed by atoms with Crippen LogP contribution in [0, 0.1) is 0 Å². The number of nitrogens with zero attached hydrogens (tertiary/aromatic N) is 2. The van der Waals surface area contributed by atoms with Crippen LogP contribution in [0.4, 0.5) is 0 Å². The van der Waals surface area contributed by atoms with Gasteiger partial charge in [0.15, 0.2) is 11.5 Å². The lowest BCUT2D eigenvalue weighted by Gasteiger charge is -2.08. The minimum Gasteiger partial charge on any atom is -0.504 e. The van der Waals surface area contributed by atoms with Gasteiger partial charge in [-0.05, 0) is 30.7 Å². The van der Waals surface area contributed by atoms with E-state index in [0.717, 1.165) is 31.6 Å². The summed E-state index contributed by atoms with van der Waals surface area (Å²) in [6.07, 6.45) is 6.61. The summed E-state index contributed by atoms with van der Waals surface area (Å²) in [6, 6.07) is 5.45. The number of phenols is 1. The van der Waals surface area contributed by atoms with Crippen molar-refractivity contribution >= 4 is 0 Å². The maximum Gasteiger partial charge on any atom is 0.160 e. The predicted octanol–water partition coefficient (Wildman–Crippen LogP) is 1.78. The molecule has 0 fully saturated rings. The van der Waals surface area contributed by atoms with Crippen molar-refractivity contribution in [2.45, 2.75) is 19.5 Å². The van der Waals surface area contributed by atoms with Crippen LogP contribution < -0.4 is 10.1 Å². The molecule has 19 heavy (non-hydrogen) atoms. The van der Waals surface area contributed by atoms with Gasteiger partial charge in [-0.25, -0.2) is 4.98 Å². The van der Waals surface area contributed by atoms with Crippen LogP contribution in [-0.4, -0.2) is 28.3 Å². The van der Waals surface area contributed by atoms with E-state index in [0.29, 0.717) is 5.75 Å². The molecule has 2 N–H and O–H groups in total. The fraction of sp³-hybridized carbons (Fsp3) is 0.357. The normalized spacial score (nSPS) is 10.6. The van der Waals surface area contributed by atoms with Gasteiger partial charge in [-0.2, -0.15) is 0 Å². The highest BCUT2D eigenvalue weighted by atomic mass is 16.5. The molecule has 0 radical (unpaired) electrons. The molecular formula is C14H19N3O2. The molecule has 0 atom stereocenters. The molecule has 0 bridgehead atoms. The van der Waals surface area contributed by atoms with Crippen molar-refractivity contribution < 1.29 is 9.84 Å². The van der Waals surface area contributed by atoms with Gasteiger partial charge >= 0.3 is 0 Å². The van der Waals surface area contributed by atoms with Crippen molar-refractivity contribution in [3.63, 3.8) is 0 Å². The van der Waals surface area contributed by atoms with E-state index < -0.39 is 0 Å². The highest BCUT2D eigenvalue weighted by Gasteiger charge is 2.01. The van der Waals surface area contributed by atoms with Crippen LogP contribution in [0.25, 0.3) is 0 Å². The van der Waals surface area contributed by atoms with Crippen molar-refractivity contribution in [2.24, 2.45) is 0 Å². The maximum atomic E-state index is 9.66. The largest absolute Gasteiger partial charge is 0.504 e. The van der Waals surface area contributed by atoms with Crippen LogP contribution in [0.15, 0.2) is 36.9 Å². The maximum absolute atomic E-state index is 9.66. The molecule has 1 aromatic heterocycles. The van der Waals surface area contributed by atoms with Crippen LogP contribution in [0.3, 0.4) is 0 Å². The first kappa shape index (κ1) is 13.4. The number of imidazole rings is 1. The van der Waals surface area contributed by atoms with Crippen LogP contribution in [0.1, 0.15) is 12.0 Å². The Balaban J connectivity index is 1.69. The lowest BCUT2D eigenvalue weighted by molar-refractivity contribution is 0.373. The molecule has 0 spiro atoms. The Kier molecular flexibility index (Phi) is 4.80. The van der Waals surface area contributed by atoms with E-state index >= 15 is 0 Å². The van der Waals surface area contributed by atoms with Gasteiger partial charge in [0, 0.05) is 25.5 Å². The molecular weight excluding hydrogens is 242 g/mol. The lowest BCUT2D eigenvalue weighted by atomic mass is 10.2. The number of aromatic hydroxyl groups is 1. The second-order valence-corrected chi connectivity index (χ2v) is 4.34. The molecule has 5 heteroatoms. The molecule has 0 saturated heterocycles. The van der Waals surface area contributed by atoms with Crippen LogP contribution in [-0.2, 0) is 13.1 Å². The molecule has 0 aliphatic rings. The number of phenolic OH excluding ortho intramolecular Hbond substituents is 1. The summed E-state index contributed by atoms with van der Waals surface area (Å²) in [7, 11) is 1.54. The van der Waals surface area contributed by atoms with Gasteiger partial charge in [0.1, 0.15) is 0 Å². The van der Waals surface area contributed by atoms with Crippen molar-refractivity contribution in [2.75, 3.05) is 13.7 Å². The summed E-state index contributed by atoms with van der Waals surface area (Å²) in [5.41, 5.74) is 1.04. The number of ether oxygens (including phenoxy) is 1. The molecule has 2 aromatic rings. The molecule has 0 aliphatic carbocycles. The zero-order valence-electron chi connectivity index (χ0n) is 11.0. The van der Waals surface area contributed by atoms with Gasteiger partial charge in [-0.15, -0.1) is 0 Å². The first-order valence-electron chi connectivity index (χ1n) is 6.32. The highest BCUT2D eigenvalue weighted by Crippen LogP contribution is 2.25. The number of nitrogens with one attached hydrogen (secondary N) is 1. The summed E-state index contributed by atoms with van der Waals surface area (Å²) in [5.74, 6) is 0.684. The van der Waals surface area contributed by atoms with E-state index in [9.17, 15) is 5.11 Å². The second kappa shape index (κ2) is 6.80. The minimum absolute atomic E-state index is 0.181. The Morgan fingerprint density at radius 3 is 3.00 bits per heavy atom. The molecule has 0 amide bonds. The Bertz CT molecular complexity index is 497. The molecule has 0 aliphatic heterocycles. The predicted molar refractivity (Wildman–Crippen MR) is 73.2 cm³/mol. The first-order chi connectivity index (χ1) is 9.29. The summed E-state index contributed by atoms with van der Waals surface area (Å²) in [5, 5.41) is 13.0. The number of aryl methyl sites for hydroxylation is 1. The lowest BCUT2D eigenvalue weighted by Crippen LogP contribution is -2.16. The number of benzene rings is 1. The van der Waals surface area contributed by atoms with E-state index in [1.807, 2.05) is 18.6 Å². The monoisotopic (exact) mass is 261 g/mol. The third-order valence-electron chi connectivity index (χ3n) is 2.90. The Morgan fingerprint density at radius 1 is 1.42 bits per heavy atom. The fourth-order valence-electron chi connectivity index (χ4n) is 1.88. The standard InChI is InChI=1S/C14H19N3O2/c1-19-14-4-3-12(9-13(14)18)10-15-5-2-7-17-8-6-16-11-17/h3-4,6,8-9,11,15,18H,2,5,7,10H2,1H3. The highest BCUT2D eigenvalue weighted by molar-refractivity contribution is 5.41. The van der Waals surface area contributed by atoms with Crippen LogP contribution in [0.2, 0.25) is 0 Å². The van der Waals surface area contributed by atoms with E-state index in [1.165, 1.54) is 0 Å². The van der Waals surface area contributed by atoms with Gasteiger partial charge < -0.3 is 19.7 Å². The summed E-state index contributed by atoms with van der Waals surface area (Å²) >= 11 is 0. The minimum atomic E-state index is 0.181. The van der Waals surface area contributed by atoms with Crippen LogP contribution >= 0.6 is 0 Å². The zero-order chi connectivity index (χ0) is 13.5. The third-order valence-corrected chi connectivity index (χ3v) is 2.90. The number of hydrogen-bond donors (Lipinski definition) is 2. The van der Waals surface area contributed by atoms with E-state index in [4.69, 9.17) is 4.74 Å². The van der Waals surface area contributed by atoms with E-state index in [2.05, 4.69) is 14.9 Å². The molecule has 2 rings (SSSR count). The SMILES string of the molecule is COc1ccc(CNCCCn2ccnc2)cc1O. The second-order valence-electron chi connectivity index (χ2n) is 4.34. The Hall–Kier alpha value is -2.01.